The van der Waals surface area contributed by atoms with Crippen LogP contribution in [-0.4, -0.2) is 16.7 Å². The first-order chi connectivity index (χ1) is 10.3. The number of carboxylic acids is 1. The number of hydrogen-bond donors (Lipinski definition) is 1. The van der Waals surface area contributed by atoms with E-state index in [9.17, 15) is 9.90 Å². The molecule has 1 heterocycles. The molecule has 1 N–H and O–H groups in total. The maximum Gasteiger partial charge on any atom is 0.309 e. The van der Waals surface area contributed by atoms with Gasteiger partial charge in [0, 0.05) is 11.8 Å². The molecule has 6 unspecified atom stereocenters. The molecule has 1 spiro atoms. The summed E-state index contributed by atoms with van der Waals surface area (Å²) >= 11 is 0. The Morgan fingerprint density at radius 2 is 1.95 bits per heavy atom. The maximum atomic E-state index is 12.0. The summed E-state index contributed by atoms with van der Waals surface area (Å²) in [6.07, 6.45) is 8.54. The number of hydrogen-bond acceptors (Lipinski definition) is 2. The maximum absolute atomic E-state index is 12.0. The van der Waals surface area contributed by atoms with Gasteiger partial charge in [-0.05, 0) is 63.2 Å². The smallest absolute Gasteiger partial charge is 0.309 e. The van der Waals surface area contributed by atoms with Gasteiger partial charge in [0.15, 0.2) is 0 Å². The third-order valence-corrected chi connectivity index (χ3v) is 7.94. The van der Waals surface area contributed by atoms with Gasteiger partial charge in [-0.25, -0.2) is 0 Å². The van der Waals surface area contributed by atoms with Crippen LogP contribution >= 0.6 is 0 Å². The van der Waals surface area contributed by atoms with Gasteiger partial charge in [0.25, 0.3) is 0 Å². The fourth-order valence-corrected chi connectivity index (χ4v) is 6.91. The van der Waals surface area contributed by atoms with Crippen molar-refractivity contribution in [2.45, 2.75) is 70.8 Å². The summed E-state index contributed by atoms with van der Waals surface area (Å²) in [7, 11) is 0. The van der Waals surface area contributed by atoms with Gasteiger partial charge in [0.1, 0.15) is 5.60 Å². The Kier molecular flexibility index (Phi) is 2.85. The van der Waals surface area contributed by atoms with Gasteiger partial charge in [-0.15, -0.1) is 0 Å². The van der Waals surface area contributed by atoms with Crippen LogP contribution in [0.3, 0.4) is 0 Å². The van der Waals surface area contributed by atoms with E-state index in [1.807, 2.05) is 6.92 Å². The Hall–Kier alpha value is -0.990. The summed E-state index contributed by atoms with van der Waals surface area (Å²) in [6, 6.07) is 0. The van der Waals surface area contributed by atoms with Crippen LogP contribution in [0.25, 0.3) is 0 Å². The molecule has 4 rings (SSSR count). The highest BCUT2D eigenvalue weighted by Gasteiger charge is 2.66. The Morgan fingerprint density at radius 3 is 2.68 bits per heavy atom. The minimum absolute atomic E-state index is 0.0258. The lowest BCUT2D eigenvalue weighted by Gasteiger charge is -2.62. The molecular formula is C19H28O3. The van der Waals surface area contributed by atoms with Crippen molar-refractivity contribution in [3.8, 4) is 0 Å². The number of allylic oxidation sites excluding steroid dienone is 1. The van der Waals surface area contributed by atoms with Crippen molar-refractivity contribution in [3.05, 3.63) is 12.3 Å². The molecular weight excluding hydrogens is 276 g/mol. The molecule has 3 saturated carbocycles. The zero-order valence-corrected chi connectivity index (χ0v) is 13.9. The molecule has 22 heavy (non-hydrogen) atoms. The second-order valence-corrected chi connectivity index (χ2v) is 8.84. The SMILES string of the molecule is C=C1OC23CCC4C(C)(C(=O)O)CCCC4(C)C2CCC1C3. The molecule has 2 bridgehead atoms. The van der Waals surface area contributed by atoms with Crippen LogP contribution < -0.4 is 0 Å². The minimum Gasteiger partial charge on any atom is -0.492 e. The van der Waals surface area contributed by atoms with E-state index >= 15 is 0 Å². The molecule has 0 amide bonds. The lowest BCUT2D eigenvalue weighted by molar-refractivity contribution is -0.194. The van der Waals surface area contributed by atoms with Crippen molar-refractivity contribution in [3.63, 3.8) is 0 Å². The average Bonchev–Trinajstić information content (AvgIpc) is 2.68. The number of aliphatic carboxylic acids is 1. The van der Waals surface area contributed by atoms with Crippen LogP contribution in [0, 0.1) is 28.6 Å². The number of ether oxygens (including phenoxy) is 1. The van der Waals surface area contributed by atoms with E-state index in [2.05, 4.69) is 13.5 Å². The summed E-state index contributed by atoms with van der Waals surface area (Å²) in [6.45, 7) is 8.51. The van der Waals surface area contributed by atoms with E-state index in [4.69, 9.17) is 4.74 Å². The molecule has 3 heteroatoms. The van der Waals surface area contributed by atoms with Gasteiger partial charge in [-0.3, -0.25) is 4.79 Å². The second kappa shape index (κ2) is 4.30. The van der Waals surface area contributed by atoms with Crippen molar-refractivity contribution < 1.29 is 14.6 Å². The molecule has 1 saturated heterocycles. The second-order valence-electron chi connectivity index (χ2n) is 8.84. The molecule has 4 fully saturated rings. The third kappa shape index (κ3) is 1.60. The summed E-state index contributed by atoms with van der Waals surface area (Å²) in [5.74, 6) is 1.75. The molecule has 3 nitrogen and oxygen atoms in total. The quantitative estimate of drug-likeness (QED) is 0.782. The Bertz CT molecular complexity index is 541. The van der Waals surface area contributed by atoms with E-state index < -0.39 is 11.4 Å². The van der Waals surface area contributed by atoms with E-state index in [0.29, 0.717) is 11.8 Å². The van der Waals surface area contributed by atoms with Gasteiger partial charge >= 0.3 is 5.97 Å². The predicted molar refractivity (Wildman–Crippen MR) is 84.2 cm³/mol. The van der Waals surface area contributed by atoms with Gasteiger partial charge in [-0.1, -0.05) is 19.9 Å². The molecule has 1 aliphatic heterocycles. The highest BCUT2D eigenvalue weighted by Crippen LogP contribution is 2.68. The van der Waals surface area contributed by atoms with Crippen molar-refractivity contribution in [1.82, 2.24) is 0 Å². The van der Waals surface area contributed by atoms with Crippen molar-refractivity contribution >= 4 is 5.97 Å². The van der Waals surface area contributed by atoms with Gasteiger partial charge in [0.05, 0.1) is 11.2 Å². The largest absolute Gasteiger partial charge is 0.492 e. The topological polar surface area (TPSA) is 46.5 Å². The minimum atomic E-state index is -0.593. The monoisotopic (exact) mass is 304 g/mol. The van der Waals surface area contributed by atoms with Gasteiger partial charge < -0.3 is 9.84 Å². The molecule has 0 aromatic carbocycles. The standard InChI is InChI=1S/C19H28O3/c1-12-13-5-6-15-17(2)8-4-9-18(3,16(20)21)14(17)7-10-19(15,11-13)22-12/h13-15H,1,4-11H2,2-3H3,(H,20,21). The van der Waals surface area contributed by atoms with E-state index in [-0.39, 0.29) is 16.9 Å². The lowest BCUT2D eigenvalue weighted by Crippen LogP contribution is -2.61. The van der Waals surface area contributed by atoms with Crippen LogP contribution in [-0.2, 0) is 9.53 Å². The zero-order valence-electron chi connectivity index (χ0n) is 13.9. The van der Waals surface area contributed by atoms with E-state index in [0.717, 1.165) is 44.3 Å². The van der Waals surface area contributed by atoms with Crippen molar-refractivity contribution in [2.75, 3.05) is 0 Å². The molecule has 0 aromatic heterocycles. The highest BCUT2D eigenvalue weighted by atomic mass is 16.5. The fourth-order valence-electron chi connectivity index (χ4n) is 6.91. The summed E-state index contributed by atoms with van der Waals surface area (Å²) < 4.78 is 6.38. The van der Waals surface area contributed by atoms with Gasteiger partial charge in [-0.2, -0.15) is 0 Å². The number of carbonyl (C=O) groups is 1. The van der Waals surface area contributed by atoms with Crippen molar-refractivity contribution in [2.24, 2.45) is 28.6 Å². The van der Waals surface area contributed by atoms with Crippen LogP contribution in [0.5, 0.6) is 0 Å². The van der Waals surface area contributed by atoms with Crippen LogP contribution in [0.4, 0.5) is 0 Å². The number of carboxylic acid groups (broad SMARTS) is 1. The van der Waals surface area contributed by atoms with E-state index in [1.54, 1.807) is 0 Å². The fraction of sp³-hybridized carbons (Fsp3) is 0.842. The number of fused-ring (bicyclic) bond motifs is 3. The molecule has 0 aromatic rings. The molecule has 6 atom stereocenters. The molecule has 0 radical (unpaired) electrons. The van der Waals surface area contributed by atoms with Gasteiger partial charge in [0.2, 0.25) is 0 Å². The average molecular weight is 304 g/mol. The third-order valence-electron chi connectivity index (χ3n) is 7.94. The summed E-state index contributed by atoms with van der Waals surface area (Å²) in [4.78, 5) is 12.0. The molecule has 4 aliphatic rings. The molecule has 3 aliphatic carbocycles. The summed E-state index contributed by atoms with van der Waals surface area (Å²) in [5.41, 5.74) is -0.470. The van der Waals surface area contributed by atoms with Crippen LogP contribution in [0.15, 0.2) is 12.3 Å². The Balaban J connectivity index is 1.75. The Morgan fingerprint density at radius 1 is 1.18 bits per heavy atom. The Labute approximate surface area is 133 Å². The van der Waals surface area contributed by atoms with Crippen LogP contribution in [0.1, 0.15) is 65.2 Å². The summed E-state index contributed by atoms with van der Waals surface area (Å²) in [5, 5.41) is 9.87. The normalized spacial score (nSPS) is 53.4. The first kappa shape index (κ1) is 14.6. The first-order valence-corrected chi connectivity index (χ1v) is 8.93. The van der Waals surface area contributed by atoms with Crippen molar-refractivity contribution in [1.29, 1.82) is 0 Å². The van der Waals surface area contributed by atoms with E-state index in [1.165, 1.54) is 12.8 Å². The predicted octanol–water partition coefficient (Wildman–Crippen LogP) is 4.38. The zero-order chi connectivity index (χ0) is 15.8. The highest BCUT2D eigenvalue weighted by molar-refractivity contribution is 5.75. The first-order valence-electron chi connectivity index (χ1n) is 8.93. The van der Waals surface area contributed by atoms with Crippen LogP contribution in [0.2, 0.25) is 0 Å². The lowest BCUT2D eigenvalue weighted by atomic mass is 9.43. The number of rotatable bonds is 1. The molecule has 122 valence electrons.